The standard InChI is InChI=1S/C16H34O/c1-7-9-15(3,4)11-13-17-14-12-16(5,6)10-8-2/h7-14H2,1-6H3. The van der Waals surface area contributed by atoms with Crippen LogP contribution in [0.4, 0.5) is 0 Å². The first-order valence-corrected chi connectivity index (χ1v) is 7.41. The Morgan fingerprint density at radius 2 is 1.00 bits per heavy atom. The minimum absolute atomic E-state index is 0.452. The number of ether oxygens (including phenoxy) is 1. The van der Waals surface area contributed by atoms with Crippen molar-refractivity contribution in [3.63, 3.8) is 0 Å². The smallest absolute Gasteiger partial charge is 0.0471 e. The Bertz CT molecular complexity index is 162. The summed E-state index contributed by atoms with van der Waals surface area (Å²) < 4.78 is 5.80. The molecule has 0 atom stereocenters. The highest BCUT2D eigenvalue weighted by Gasteiger charge is 2.18. The molecule has 1 heteroatoms. The van der Waals surface area contributed by atoms with Crippen LogP contribution in [0.2, 0.25) is 0 Å². The zero-order valence-corrected chi connectivity index (χ0v) is 13.1. The highest BCUT2D eigenvalue weighted by molar-refractivity contribution is 4.69. The number of hydrogen-bond acceptors (Lipinski definition) is 1. The lowest BCUT2D eigenvalue weighted by atomic mass is 9.84. The molecule has 0 N–H and O–H groups in total. The van der Waals surface area contributed by atoms with Crippen molar-refractivity contribution in [2.75, 3.05) is 13.2 Å². The topological polar surface area (TPSA) is 9.23 Å². The Balaban J connectivity index is 3.58. The second-order valence-electron chi connectivity index (χ2n) is 6.94. The van der Waals surface area contributed by atoms with E-state index in [0.717, 1.165) is 13.2 Å². The van der Waals surface area contributed by atoms with Crippen molar-refractivity contribution in [3.05, 3.63) is 0 Å². The first kappa shape index (κ1) is 17.0. The maximum absolute atomic E-state index is 5.80. The zero-order valence-electron chi connectivity index (χ0n) is 13.1. The largest absolute Gasteiger partial charge is 0.381 e. The monoisotopic (exact) mass is 242 g/mol. The molecule has 0 amide bonds. The molecular weight excluding hydrogens is 208 g/mol. The molecule has 0 saturated carbocycles. The molecule has 0 aromatic carbocycles. The van der Waals surface area contributed by atoms with Crippen molar-refractivity contribution in [2.45, 2.75) is 80.1 Å². The molecule has 0 radical (unpaired) electrons. The van der Waals surface area contributed by atoms with Gasteiger partial charge in [-0.05, 0) is 36.5 Å². The lowest BCUT2D eigenvalue weighted by molar-refractivity contribution is 0.0774. The third-order valence-electron chi connectivity index (χ3n) is 3.70. The van der Waals surface area contributed by atoms with Gasteiger partial charge in [-0.1, -0.05) is 54.4 Å². The number of hydrogen-bond donors (Lipinski definition) is 0. The number of rotatable bonds is 10. The fraction of sp³-hybridized carbons (Fsp3) is 1.00. The van der Waals surface area contributed by atoms with Gasteiger partial charge in [0.2, 0.25) is 0 Å². The van der Waals surface area contributed by atoms with Crippen molar-refractivity contribution < 1.29 is 4.74 Å². The molecule has 0 rings (SSSR count). The minimum Gasteiger partial charge on any atom is -0.381 e. The van der Waals surface area contributed by atoms with E-state index in [0.29, 0.717) is 10.8 Å². The second-order valence-corrected chi connectivity index (χ2v) is 6.94. The molecule has 104 valence electrons. The van der Waals surface area contributed by atoms with E-state index in [9.17, 15) is 0 Å². The highest BCUT2D eigenvalue weighted by atomic mass is 16.5. The van der Waals surface area contributed by atoms with Gasteiger partial charge in [-0.15, -0.1) is 0 Å². The van der Waals surface area contributed by atoms with Gasteiger partial charge < -0.3 is 4.74 Å². The predicted molar refractivity (Wildman–Crippen MR) is 77.4 cm³/mol. The van der Waals surface area contributed by atoms with Crippen LogP contribution < -0.4 is 0 Å². The van der Waals surface area contributed by atoms with Gasteiger partial charge in [0.1, 0.15) is 0 Å². The molecule has 1 nitrogen and oxygen atoms in total. The summed E-state index contributed by atoms with van der Waals surface area (Å²) >= 11 is 0. The van der Waals surface area contributed by atoms with Crippen LogP contribution in [0.25, 0.3) is 0 Å². The molecule has 0 fully saturated rings. The van der Waals surface area contributed by atoms with E-state index in [1.165, 1.54) is 38.5 Å². The molecule has 0 heterocycles. The van der Waals surface area contributed by atoms with Crippen LogP contribution in [0.15, 0.2) is 0 Å². The average molecular weight is 242 g/mol. The van der Waals surface area contributed by atoms with Gasteiger partial charge in [0.05, 0.1) is 0 Å². The summed E-state index contributed by atoms with van der Waals surface area (Å²) in [6.45, 7) is 15.8. The lowest BCUT2D eigenvalue weighted by Crippen LogP contribution is -2.17. The average Bonchev–Trinajstić information content (AvgIpc) is 2.16. The maximum Gasteiger partial charge on any atom is 0.0471 e. The van der Waals surface area contributed by atoms with Crippen molar-refractivity contribution in [1.29, 1.82) is 0 Å². The predicted octanol–water partition coefficient (Wildman–Crippen LogP) is 5.44. The van der Waals surface area contributed by atoms with Crippen LogP contribution in [-0.4, -0.2) is 13.2 Å². The van der Waals surface area contributed by atoms with Crippen LogP contribution in [0, 0.1) is 10.8 Å². The molecule has 0 aliphatic rings. The van der Waals surface area contributed by atoms with Gasteiger partial charge in [0, 0.05) is 13.2 Å². The van der Waals surface area contributed by atoms with Crippen LogP contribution >= 0.6 is 0 Å². The fourth-order valence-corrected chi connectivity index (χ4v) is 2.40. The van der Waals surface area contributed by atoms with Gasteiger partial charge in [0.15, 0.2) is 0 Å². The molecule has 0 aliphatic heterocycles. The summed E-state index contributed by atoms with van der Waals surface area (Å²) in [5.41, 5.74) is 0.904. The highest BCUT2D eigenvalue weighted by Crippen LogP contribution is 2.28. The van der Waals surface area contributed by atoms with Crippen LogP contribution in [0.1, 0.15) is 80.1 Å². The molecule has 0 bridgehead atoms. The van der Waals surface area contributed by atoms with E-state index in [-0.39, 0.29) is 0 Å². The molecule has 0 aliphatic carbocycles. The van der Waals surface area contributed by atoms with E-state index in [1.807, 2.05) is 0 Å². The molecule has 0 saturated heterocycles. The molecule has 0 aromatic rings. The van der Waals surface area contributed by atoms with Gasteiger partial charge in [-0.25, -0.2) is 0 Å². The Kier molecular flexibility index (Phi) is 8.11. The van der Waals surface area contributed by atoms with E-state index in [4.69, 9.17) is 4.74 Å². The summed E-state index contributed by atoms with van der Waals surface area (Å²) in [7, 11) is 0. The van der Waals surface area contributed by atoms with Gasteiger partial charge in [-0.2, -0.15) is 0 Å². The van der Waals surface area contributed by atoms with Crippen LogP contribution in [-0.2, 0) is 4.74 Å². The Morgan fingerprint density at radius 1 is 0.647 bits per heavy atom. The maximum atomic E-state index is 5.80. The van der Waals surface area contributed by atoms with E-state index in [1.54, 1.807) is 0 Å². The second kappa shape index (κ2) is 8.13. The van der Waals surface area contributed by atoms with Crippen molar-refractivity contribution in [1.82, 2.24) is 0 Å². The third kappa shape index (κ3) is 9.64. The van der Waals surface area contributed by atoms with Crippen molar-refractivity contribution in [2.24, 2.45) is 10.8 Å². The lowest BCUT2D eigenvalue weighted by Gasteiger charge is -2.26. The van der Waals surface area contributed by atoms with Crippen LogP contribution in [0.3, 0.4) is 0 Å². The van der Waals surface area contributed by atoms with Crippen LogP contribution in [0.5, 0.6) is 0 Å². The summed E-state index contributed by atoms with van der Waals surface area (Å²) in [6.07, 6.45) is 7.53. The van der Waals surface area contributed by atoms with Gasteiger partial charge in [0.25, 0.3) is 0 Å². The molecule has 0 aromatic heterocycles. The zero-order chi connectivity index (χ0) is 13.4. The molecule has 0 spiro atoms. The van der Waals surface area contributed by atoms with Gasteiger partial charge in [-0.3, -0.25) is 0 Å². The third-order valence-corrected chi connectivity index (χ3v) is 3.70. The molecular formula is C16H34O. The SMILES string of the molecule is CCCC(C)(C)CCOCCC(C)(C)CCC. The van der Waals surface area contributed by atoms with E-state index < -0.39 is 0 Å². The Morgan fingerprint density at radius 3 is 1.29 bits per heavy atom. The summed E-state index contributed by atoms with van der Waals surface area (Å²) in [5.74, 6) is 0. The first-order chi connectivity index (χ1) is 7.83. The fourth-order valence-electron chi connectivity index (χ4n) is 2.40. The first-order valence-electron chi connectivity index (χ1n) is 7.41. The minimum atomic E-state index is 0.452. The summed E-state index contributed by atoms with van der Waals surface area (Å²) in [4.78, 5) is 0. The molecule has 0 unspecified atom stereocenters. The Hall–Kier alpha value is -0.0400. The van der Waals surface area contributed by atoms with Crippen molar-refractivity contribution >= 4 is 0 Å². The van der Waals surface area contributed by atoms with E-state index in [2.05, 4.69) is 41.5 Å². The summed E-state index contributed by atoms with van der Waals surface area (Å²) in [5, 5.41) is 0. The normalized spacial score (nSPS) is 13.1. The van der Waals surface area contributed by atoms with E-state index >= 15 is 0 Å². The molecule has 17 heavy (non-hydrogen) atoms. The van der Waals surface area contributed by atoms with Gasteiger partial charge >= 0.3 is 0 Å². The summed E-state index contributed by atoms with van der Waals surface area (Å²) in [6, 6.07) is 0. The quantitative estimate of drug-likeness (QED) is 0.464. The Labute approximate surface area is 109 Å². The van der Waals surface area contributed by atoms with Crippen molar-refractivity contribution in [3.8, 4) is 0 Å².